The number of aliphatic imine (C=N–C) groups is 1. The number of hydrogen-bond donors (Lipinski definition) is 2. The Morgan fingerprint density at radius 1 is 1.11 bits per heavy atom. The molecule has 2 saturated heterocycles. The highest BCUT2D eigenvalue weighted by molar-refractivity contribution is 5.79. The summed E-state index contributed by atoms with van der Waals surface area (Å²) >= 11 is 0. The number of guanidine groups is 1. The van der Waals surface area contributed by atoms with Gasteiger partial charge in [0.05, 0.1) is 6.10 Å². The molecule has 2 atom stereocenters. The molecule has 3 rings (SSSR count). The molecule has 2 aliphatic rings. The lowest BCUT2D eigenvalue weighted by molar-refractivity contribution is 0.0925. The molecule has 2 fully saturated rings. The van der Waals surface area contributed by atoms with E-state index in [1.54, 1.807) is 0 Å². The summed E-state index contributed by atoms with van der Waals surface area (Å²) in [6, 6.07) is 10.6. The highest BCUT2D eigenvalue weighted by Gasteiger charge is 2.29. The second-order valence-corrected chi connectivity index (χ2v) is 8.01. The van der Waals surface area contributed by atoms with Gasteiger partial charge in [0.2, 0.25) is 0 Å². The summed E-state index contributed by atoms with van der Waals surface area (Å²) in [4.78, 5) is 7.50. The normalized spacial score (nSPS) is 24.1. The minimum absolute atomic E-state index is 0.177. The van der Waals surface area contributed by atoms with Crippen LogP contribution in [-0.2, 0) is 4.74 Å². The quantitative estimate of drug-likeness (QED) is 0.407. The molecule has 1 aromatic rings. The molecule has 0 aliphatic carbocycles. The summed E-state index contributed by atoms with van der Waals surface area (Å²) in [6.45, 7) is 9.37. The largest absolute Gasteiger partial charge is 0.373 e. The molecule has 2 unspecified atom stereocenters. The SMILES string of the molecule is CCNC(=NCC1CCOC1c1ccccc1)NCCCN1CCCCCC1. The molecule has 1 aromatic carbocycles. The van der Waals surface area contributed by atoms with Crippen molar-refractivity contribution in [3.8, 4) is 0 Å². The number of rotatable bonds is 8. The van der Waals surface area contributed by atoms with Crippen LogP contribution in [0.25, 0.3) is 0 Å². The number of likely N-dealkylation sites (tertiary alicyclic amines) is 1. The second kappa shape index (κ2) is 12.1. The summed E-state index contributed by atoms with van der Waals surface area (Å²) in [6.07, 6.45) is 7.96. The van der Waals surface area contributed by atoms with Crippen LogP contribution in [-0.4, -0.2) is 56.7 Å². The smallest absolute Gasteiger partial charge is 0.191 e. The van der Waals surface area contributed by atoms with Crippen LogP contribution in [0.3, 0.4) is 0 Å². The maximum absolute atomic E-state index is 6.00. The van der Waals surface area contributed by atoms with Crippen molar-refractivity contribution >= 4 is 5.96 Å². The zero-order chi connectivity index (χ0) is 19.4. The van der Waals surface area contributed by atoms with Crippen LogP contribution in [0.4, 0.5) is 0 Å². The van der Waals surface area contributed by atoms with Crippen LogP contribution >= 0.6 is 0 Å². The summed E-state index contributed by atoms with van der Waals surface area (Å²) in [5.74, 6) is 1.40. The Kier molecular flexibility index (Phi) is 9.11. The van der Waals surface area contributed by atoms with Gasteiger partial charge in [-0.05, 0) is 57.8 Å². The van der Waals surface area contributed by atoms with Gasteiger partial charge in [-0.1, -0.05) is 43.2 Å². The highest BCUT2D eigenvalue weighted by Crippen LogP contribution is 2.34. The zero-order valence-corrected chi connectivity index (χ0v) is 17.5. The Labute approximate surface area is 170 Å². The van der Waals surface area contributed by atoms with Gasteiger partial charge in [-0.25, -0.2) is 0 Å². The molecule has 0 spiro atoms. The van der Waals surface area contributed by atoms with Gasteiger partial charge in [0.15, 0.2) is 5.96 Å². The zero-order valence-electron chi connectivity index (χ0n) is 17.5. The molecule has 0 radical (unpaired) electrons. The van der Waals surface area contributed by atoms with Crippen molar-refractivity contribution in [1.82, 2.24) is 15.5 Å². The van der Waals surface area contributed by atoms with E-state index in [9.17, 15) is 0 Å². The molecule has 0 bridgehead atoms. The highest BCUT2D eigenvalue weighted by atomic mass is 16.5. The molecule has 2 aliphatic heterocycles. The fourth-order valence-corrected chi connectivity index (χ4v) is 4.25. The topological polar surface area (TPSA) is 48.9 Å². The van der Waals surface area contributed by atoms with E-state index in [0.717, 1.165) is 38.6 Å². The molecule has 0 saturated carbocycles. The maximum Gasteiger partial charge on any atom is 0.191 e. The third-order valence-corrected chi connectivity index (χ3v) is 5.81. The minimum atomic E-state index is 0.177. The molecular formula is C23H38N4O. The lowest BCUT2D eigenvalue weighted by atomic mass is 9.95. The molecular weight excluding hydrogens is 348 g/mol. The molecule has 5 heteroatoms. The van der Waals surface area contributed by atoms with Crippen LogP contribution in [0.15, 0.2) is 35.3 Å². The molecule has 28 heavy (non-hydrogen) atoms. The number of nitrogens with one attached hydrogen (secondary N) is 2. The maximum atomic E-state index is 6.00. The van der Waals surface area contributed by atoms with Crippen molar-refractivity contribution in [2.24, 2.45) is 10.9 Å². The standard InChI is InChI=1S/C23H38N4O/c1-2-24-23(25-14-10-17-27-15-8-3-4-9-16-27)26-19-21-13-18-28-22(21)20-11-6-5-7-12-20/h5-7,11-12,21-22H,2-4,8-10,13-19H2,1H3,(H2,24,25,26). The van der Waals surface area contributed by atoms with Crippen LogP contribution < -0.4 is 10.6 Å². The number of hydrogen-bond acceptors (Lipinski definition) is 3. The number of ether oxygens (including phenoxy) is 1. The molecule has 0 amide bonds. The van der Waals surface area contributed by atoms with Gasteiger partial charge in [-0.3, -0.25) is 4.99 Å². The first-order chi connectivity index (χ1) is 13.9. The van der Waals surface area contributed by atoms with Crippen molar-refractivity contribution in [3.63, 3.8) is 0 Å². The first-order valence-electron chi connectivity index (χ1n) is 11.3. The Hall–Kier alpha value is -1.59. The van der Waals surface area contributed by atoms with Crippen LogP contribution in [0, 0.1) is 5.92 Å². The van der Waals surface area contributed by atoms with Gasteiger partial charge >= 0.3 is 0 Å². The predicted octanol–water partition coefficient (Wildman–Crippen LogP) is 3.59. The van der Waals surface area contributed by atoms with E-state index in [1.807, 2.05) is 0 Å². The van der Waals surface area contributed by atoms with Crippen LogP contribution in [0.5, 0.6) is 0 Å². The Morgan fingerprint density at radius 2 is 1.89 bits per heavy atom. The number of nitrogens with zero attached hydrogens (tertiary/aromatic N) is 2. The Bertz CT molecular complexity index is 569. The van der Waals surface area contributed by atoms with Gasteiger partial charge in [0.1, 0.15) is 0 Å². The minimum Gasteiger partial charge on any atom is -0.373 e. The van der Waals surface area contributed by atoms with Gasteiger partial charge in [-0.2, -0.15) is 0 Å². The Morgan fingerprint density at radius 3 is 2.64 bits per heavy atom. The third-order valence-electron chi connectivity index (χ3n) is 5.81. The third kappa shape index (κ3) is 6.78. The van der Waals surface area contributed by atoms with Crippen molar-refractivity contribution in [2.45, 2.75) is 51.6 Å². The van der Waals surface area contributed by atoms with E-state index >= 15 is 0 Å². The summed E-state index contributed by atoms with van der Waals surface area (Å²) in [5, 5.41) is 6.92. The van der Waals surface area contributed by atoms with E-state index in [2.05, 4.69) is 52.8 Å². The first kappa shape index (κ1) is 21.1. The van der Waals surface area contributed by atoms with Crippen molar-refractivity contribution in [1.29, 1.82) is 0 Å². The van der Waals surface area contributed by atoms with E-state index in [1.165, 1.54) is 57.3 Å². The summed E-state index contributed by atoms with van der Waals surface area (Å²) < 4.78 is 6.00. The first-order valence-corrected chi connectivity index (χ1v) is 11.3. The van der Waals surface area contributed by atoms with Crippen molar-refractivity contribution < 1.29 is 4.74 Å². The van der Waals surface area contributed by atoms with Crippen molar-refractivity contribution in [3.05, 3.63) is 35.9 Å². The lowest BCUT2D eigenvalue weighted by Gasteiger charge is -2.20. The van der Waals surface area contributed by atoms with Crippen molar-refractivity contribution in [2.75, 3.05) is 45.9 Å². The molecule has 156 valence electrons. The van der Waals surface area contributed by atoms with E-state index in [4.69, 9.17) is 9.73 Å². The lowest BCUT2D eigenvalue weighted by Crippen LogP contribution is -2.39. The second-order valence-electron chi connectivity index (χ2n) is 8.01. The van der Waals surface area contributed by atoms with E-state index in [0.29, 0.717) is 5.92 Å². The Balaban J connectivity index is 1.44. The van der Waals surface area contributed by atoms with Gasteiger partial charge in [0.25, 0.3) is 0 Å². The van der Waals surface area contributed by atoms with E-state index < -0.39 is 0 Å². The fraction of sp³-hybridized carbons (Fsp3) is 0.696. The van der Waals surface area contributed by atoms with Gasteiger partial charge in [0, 0.05) is 32.2 Å². The molecule has 2 heterocycles. The molecule has 0 aromatic heterocycles. The van der Waals surface area contributed by atoms with E-state index in [-0.39, 0.29) is 6.10 Å². The monoisotopic (exact) mass is 386 g/mol. The van der Waals surface area contributed by atoms with Crippen LogP contribution in [0.1, 0.15) is 57.1 Å². The molecule has 5 nitrogen and oxygen atoms in total. The van der Waals surface area contributed by atoms with Gasteiger partial charge in [-0.15, -0.1) is 0 Å². The average molecular weight is 387 g/mol. The summed E-state index contributed by atoms with van der Waals surface area (Å²) in [7, 11) is 0. The predicted molar refractivity (Wildman–Crippen MR) is 117 cm³/mol. The number of benzene rings is 1. The summed E-state index contributed by atoms with van der Waals surface area (Å²) in [5.41, 5.74) is 1.27. The van der Waals surface area contributed by atoms with Gasteiger partial charge < -0.3 is 20.3 Å². The average Bonchev–Trinajstić information content (AvgIpc) is 3.05. The fourth-order valence-electron chi connectivity index (χ4n) is 4.25. The molecule has 2 N–H and O–H groups in total. The van der Waals surface area contributed by atoms with Crippen LogP contribution in [0.2, 0.25) is 0 Å².